The van der Waals surface area contributed by atoms with E-state index >= 15 is 0 Å². The van der Waals surface area contributed by atoms with Crippen LogP contribution in [0.3, 0.4) is 0 Å². The maximum absolute atomic E-state index is 11.7. The van der Waals surface area contributed by atoms with Crippen molar-refractivity contribution in [3.63, 3.8) is 0 Å². The van der Waals surface area contributed by atoms with E-state index in [9.17, 15) is 14.7 Å². The molecule has 0 amide bonds. The SMILES string of the molecule is CC[C@@](C(=O)O)(C(=O)OC)c1ccccc1. The van der Waals surface area contributed by atoms with Crippen molar-refractivity contribution in [3.05, 3.63) is 35.9 Å². The van der Waals surface area contributed by atoms with E-state index in [1.165, 1.54) is 7.11 Å². The van der Waals surface area contributed by atoms with Gasteiger partial charge >= 0.3 is 11.9 Å². The first-order valence-electron chi connectivity index (χ1n) is 4.97. The van der Waals surface area contributed by atoms with Crippen molar-refractivity contribution in [1.29, 1.82) is 0 Å². The number of rotatable bonds is 4. The third-order valence-corrected chi connectivity index (χ3v) is 2.70. The summed E-state index contributed by atoms with van der Waals surface area (Å²) >= 11 is 0. The van der Waals surface area contributed by atoms with Crippen molar-refractivity contribution >= 4 is 11.9 Å². The van der Waals surface area contributed by atoms with Crippen LogP contribution < -0.4 is 0 Å². The van der Waals surface area contributed by atoms with Crippen molar-refractivity contribution in [2.75, 3.05) is 7.11 Å². The highest BCUT2D eigenvalue weighted by atomic mass is 16.5. The van der Waals surface area contributed by atoms with Crippen molar-refractivity contribution < 1.29 is 19.4 Å². The Bertz CT molecular complexity index is 385. The zero-order chi connectivity index (χ0) is 12.2. The number of benzene rings is 1. The van der Waals surface area contributed by atoms with Crippen molar-refractivity contribution in [3.8, 4) is 0 Å². The quantitative estimate of drug-likeness (QED) is 0.620. The van der Waals surface area contributed by atoms with E-state index < -0.39 is 17.4 Å². The summed E-state index contributed by atoms with van der Waals surface area (Å²) in [6.07, 6.45) is 0.152. The number of aliphatic carboxylic acids is 1. The zero-order valence-electron chi connectivity index (χ0n) is 9.27. The van der Waals surface area contributed by atoms with E-state index in [0.29, 0.717) is 5.56 Å². The molecule has 0 aliphatic carbocycles. The third kappa shape index (κ3) is 1.78. The molecule has 1 aromatic carbocycles. The Morgan fingerprint density at radius 1 is 1.31 bits per heavy atom. The van der Waals surface area contributed by atoms with Gasteiger partial charge in [0, 0.05) is 0 Å². The average Bonchev–Trinajstić information content (AvgIpc) is 2.31. The first kappa shape index (κ1) is 12.2. The molecule has 0 heterocycles. The van der Waals surface area contributed by atoms with E-state index in [1.54, 1.807) is 37.3 Å². The van der Waals surface area contributed by atoms with Crippen molar-refractivity contribution in [2.45, 2.75) is 18.8 Å². The molecule has 1 N–H and O–H groups in total. The van der Waals surface area contributed by atoms with Gasteiger partial charge in [-0.25, -0.2) is 0 Å². The van der Waals surface area contributed by atoms with E-state index in [2.05, 4.69) is 4.74 Å². The predicted molar refractivity (Wildman–Crippen MR) is 58.1 cm³/mol. The minimum Gasteiger partial charge on any atom is -0.480 e. The maximum atomic E-state index is 11.7. The Balaban J connectivity index is 3.35. The summed E-state index contributed by atoms with van der Waals surface area (Å²) in [7, 11) is 1.19. The highest BCUT2D eigenvalue weighted by Crippen LogP contribution is 2.29. The molecule has 16 heavy (non-hydrogen) atoms. The Morgan fingerprint density at radius 3 is 2.25 bits per heavy atom. The number of carboxylic acid groups (broad SMARTS) is 1. The topological polar surface area (TPSA) is 63.6 Å². The van der Waals surface area contributed by atoms with Gasteiger partial charge in [-0.1, -0.05) is 37.3 Å². The number of esters is 1. The van der Waals surface area contributed by atoms with Gasteiger partial charge in [-0.2, -0.15) is 0 Å². The molecule has 0 aliphatic rings. The first-order valence-corrected chi connectivity index (χ1v) is 4.97. The highest BCUT2D eigenvalue weighted by Gasteiger charge is 2.47. The van der Waals surface area contributed by atoms with E-state index in [1.807, 2.05) is 0 Å². The van der Waals surface area contributed by atoms with Gasteiger partial charge in [0.2, 0.25) is 0 Å². The molecule has 4 nitrogen and oxygen atoms in total. The molecule has 0 fully saturated rings. The minimum atomic E-state index is -1.60. The Kier molecular flexibility index (Phi) is 3.66. The van der Waals surface area contributed by atoms with Crippen LogP contribution in [0.1, 0.15) is 18.9 Å². The summed E-state index contributed by atoms with van der Waals surface area (Å²) in [5.41, 5.74) is -1.16. The maximum Gasteiger partial charge on any atom is 0.327 e. The van der Waals surface area contributed by atoms with Gasteiger partial charge in [-0.15, -0.1) is 0 Å². The highest BCUT2D eigenvalue weighted by molar-refractivity contribution is 6.05. The van der Waals surface area contributed by atoms with Gasteiger partial charge in [0.15, 0.2) is 5.41 Å². The summed E-state index contributed by atoms with van der Waals surface area (Å²) in [4.78, 5) is 23.1. The summed E-state index contributed by atoms with van der Waals surface area (Å²) in [5.74, 6) is -1.93. The van der Waals surface area contributed by atoms with Crippen LogP contribution in [0.4, 0.5) is 0 Å². The standard InChI is InChI=1S/C12H14O4/c1-3-12(10(13)14,11(15)16-2)9-7-5-4-6-8-9/h4-8H,3H2,1-2H3,(H,13,14)/t12-/m1/s1. The summed E-state index contributed by atoms with van der Waals surface area (Å²) in [6.45, 7) is 1.65. The van der Waals surface area contributed by atoms with Crippen LogP contribution in [0.5, 0.6) is 0 Å². The summed E-state index contributed by atoms with van der Waals surface area (Å²) in [5, 5.41) is 9.28. The van der Waals surface area contributed by atoms with Crippen molar-refractivity contribution in [2.24, 2.45) is 0 Å². The van der Waals surface area contributed by atoms with Gasteiger partial charge in [-0.3, -0.25) is 9.59 Å². The number of carbonyl (C=O) groups is 2. The van der Waals surface area contributed by atoms with Gasteiger partial charge in [-0.05, 0) is 12.0 Å². The molecule has 0 unspecified atom stereocenters. The van der Waals surface area contributed by atoms with E-state index in [0.717, 1.165) is 0 Å². The number of ether oxygens (including phenoxy) is 1. The molecule has 0 bridgehead atoms. The molecule has 1 aromatic rings. The average molecular weight is 222 g/mol. The molecule has 1 rings (SSSR count). The second kappa shape index (κ2) is 4.79. The van der Waals surface area contributed by atoms with E-state index in [4.69, 9.17) is 0 Å². The van der Waals surface area contributed by atoms with Crippen LogP contribution in [0.25, 0.3) is 0 Å². The normalized spacial score (nSPS) is 13.9. The molecular formula is C12H14O4. The van der Waals surface area contributed by atoms with Crippen LogP contribution >= 0.6 is 0 Å². The molecule has 0 aromatic heterocycles. The fourth-order valence-electron chi connectivity index (χ4n) is 1.73. The second-order valence-corrected chi connectivity index (χ2v) is 3.42. The third-order valence-electron chi connectivity index (χ3n) is 2.70. The van der Waals surface area contributed by atoms with E-state index in [-0.39, 0.29) is 6.42 Å². The molecule has 0 saturated carbocycles. The predicted octanol–water partition coefficient (Wildman–Crippen LogP) is 1.59. The largest absolute Gasteiger partial charge is 0.480 e. The fraction of sp³-hybridized carbons (Fsp3) is 0.333. The molecule has 0 spiro atoms. The summed E-state index contributed by atoms with van der Waals surface area (Å²) in [6, 6.07) is 8.41. The number of methoxy groups -OCH3 is 1. The number of hydrogen-bond acceptors (Lipinski definition) is 3. The van der Waals surface area contributed by atoms with Crippen LogP contribution in [-0.4, -0.2) is 24.2 Å². The lowest BCUT2D eigenvalue weighted by Gasteiger charge is -2.25. The number of carboxylic acids is 1. The Hall–Kier alpha value is -1.84. The molecule has 0 radical (unpaired) electrons. The van der Waals surface area contributed by atoms with Crippen LogP contribution in [0, 0.1) is 0 Å². The lowest BCUT2D eigenvalue weighted by Crippen LogP contribution is -2.44. The molecule has 1 atom stereocenters. The first-order chi connectivity index (χ1) is 7.59. The Morgan fingerprint density at radius 2 is 1.88 bits per heavy atom. The van der Waals surface area contributed by atoms with Crippen LogP contribution in [0.2, 0.25) is 0 Å². The monoisotopic (exact) mass is 222 g/mol. The van der Waals surface area contributed by atoms with Gasteiger partial charge in [0.05, 0.1) is 7.11 Å². The zero-order valence-corrected chi connectivity index (χ0v) is 9.27. The Labute approximate surface area is 93.9 Å². The molecule has 4 heteroatoms. The minimum absolute atomic E-state index is 0.152. The molecule has 0 aliphatic heterocycles. The van der Waals surface area contributed by atoms with Crippen molar-refractivity contribution in [1.82, 2.24) is 0 Å². The number of carbonyl (C=O) groups excluding carboxylic acids is 1. The number of hydrogen-bond donors (Lipinski definition) is 1. The van der Waals surface area contributed by atoms with Gasteiger partial charge < -0.3 is 9.84 Å². The smallest absolute Gasteiger partial charge is 0.327 e. The lowest BCUT2D eigenvalue weighted by molar-refractivity contribution is -0.160. The second-order valence-electron chi connectivity index (χ2n) is 3.42. The fourth-order valence-corrected chi connectivity index (χ4v) is 1.73. The summed E-state index contributed by atoms with van der Waals surface area (Å²) < 4.78 is 4.60. The van der Waals surface area contributed by atoms with Gasteiger partial charge in [0.25, 0.3) is 0 Å². The molecular weight excluding hydrogens is 208 g/mol. The van der Waals surface area contributed by atoms with Gasteiger partial charge in [0.1, 0.15) is 0 Å². The molecule has 0 saturated heterocycles. The lowest BCUT2D eigenvalue weighted by atomic mass is 9.78. The van der Waals surface area contributed by atoms with Crippen LogP contribution in [-0.2, 0) is 19.7 Å². The molecule has 86 valence electrons. The van der Waals surface area contributed by atoms with Crippen LogP contribution in [0.15, 0.2) is 30.3 Å².